The summed E-state index contributed by atoms with van der Waals surface area (Å²) in [6, 6.07) is 2.06. The highest BCUT2D eigenvalue weighted by Gasteiger charge is 2.23. The van der Waals surface area contributed by atoms with Crippen LogP contribution >= 0.6 is 0 Å². The van der Waals surface area contributed by atoms with Crippen molar-refractivity contribution in [2.75, 3.05) is 5.73 Å². The Balaban J connectivity index is 2.97. The molecule has 4 nitrogen and oxygen atoms in total. The van der Waals surface area contributed by atoms with Crippen molar-refractivity contribution in [1.29, 1.82) is 0 Å². The quantitative estimate of drug-likeness (QED) is 0.794. The zero-order chi connectivity index (χ0) is 15.5. The number of hydrogen-bond acceptors (Lipinski definition) is 3. The minimum Gasteiger partial charge on any atom is -0.398 e. The molecule has 114 valence electrons. The Morgan fingerprint density at radius 2 is 1.95 bits per heavy atom. The van der Waals surface area contributed by atoms with E-state index >= 15 is 0 Å². The van der Waals surface area contributed by atoms with Gasteiger partial charge in [0.05, 0.1) is 0 Å². The first-order valence-corrected chi connectivity index (χ1v) is 8.23. The number of nitrogens with one attached hydrogen (secondary N) is 1. The van der Waals surface area contributed by atoms with Gasteiger partial charge in [0.2, 0.25) is 10.0 Å². The summed E-state index contributed by atoms with van der Waals surface area (Å²) < 4.78 is 40.7. The van der Waals surface area contributed by atoms with Crippen LogP contribution < -0.4 is 10.5 Å². The third kappa shape index (κ3) is 4.18. The average Bonchev–Trinajstić information content (AvgIpc) is 2.32. The summed E-state index contributed by atoms with van der Waals surface area (Å²) in [5.74, 6) is -0.374. The summed E-state index contributed by atoms with van der Waals surface area (Å²) in [5, 5.41) is 0. The molecule has 0 spiro atoms. The van der Waals surface area contributed by atoms with Gasteiger partial charge in [0.15, 0.2) is 0 Å². The maximum Gasteiger partial charge on any atom is 0.243 e. The lowest BCUT2D eigenvalue weighted by Crippen LogP contribution is -2.34. The summed E-state index contributed by atoms with van der Waals surface area (Å²) in [6.07, 6.45) is 1.68. The Morgan fingerprint density at radius 1 is 1.35 bits per heavy atom. The van der Waals surface area contributed by atoms with Crippen molar-refractivity contribution in [2.45, 2.75) is 51.5 Å². The van der Waals surface area contributed by atoms with E-state index in [0.717, 1.165) is 12.5 Å². The van der Waals surface area contributed by atoms with Gasteiger partial charge in [-0.25, -0.2) is 17.5 Å². The highest BCUT2D eigenvalue weighted by molar-refractivity contribution is 7.89. The Bertz CT molecular complexity index is 573. The van der Waals surface area contributed by atoms with Crippen LogP contribution in [0.2, 0.25) is 0 Å². The molecule has 0 fully saturated rings. The zero-order valence-corrected chi connectivity index (χ0v) is 13.2. The lowest BCUT2D eigenvalue weighted by Gasteiger charge is -2.18. The van der Waals surface area contributed by atoms with Crippen LogP contribution in [0.5, 0.6) is 0 Å². The third-order valence-corrected chi connectivity index (χ3v) is 5.02. The Labute approximate surface area is 120 Å². The van der Waals surface area contributed by atoms with Crippen LogP contribution in [0.1, 0.15) is 39.2 Å². The number of benzene rings is 1. The molecule has 0 aliphatic carbocycles. The van der Waals surface area contributed by atoms with Gasteiger partial charge in [-0.05, 0) is 43.9 Å². The second kappa shape index (κ2) is 6.54. The fraction of sp³-hybridized carbons (Fsp3) is 0.571. The van der Waals surface area contributed by atoms with Crippen LogP contribution in [-0.2, 0) is 10.0 Å². The fourth-order valence-corrected chi connectivity index (χ4v) is 3.37. The fourth-order valence-electron chi connectivity index (χ4n) is 2.02. The minimum absolute atomic E-state index is 0.253. The van der Waals surface area contributed by atoms with E-state index in [2.05, 4.69) is 11.6 Å². The number of hydrogen-bond donors (Lipinski definition) is 2. The van der Waals surface area contributed by atoms with E-state index in [1.54, 1.807) is 13.8 Å². The molecular weight excluding hydrogens is 279 g/mol. The standard InChI is InChI=1S/C14H23FN2O2S/c1-5-9(2)6-11(4)17-20(18,19)14-8-13(16)10(3)7-12(14)15/h7-9,11,17H,5-6,16H2,1-4H3. The molecule has 0 heterocycles. The lowest BCUT2D eigenvalue weighted by atomic mass is 10.0. The SMILES string of the molecule is CCC(C)CC(C)NS(=O)(=O)c1cc(N)c(C)cc1F. The monoisotopic (exact) mass is 302 g/mol. The molecule has 2 atom stereocenters. The van der Waals surface area contributed by atoms with E-state index < -0.39 is 20.7 Å². The van der Waals surface area contributed by atoms with Crippen molar-refractivity contribution in [1.82, 2.24) is 4.72 Å². The van der Waals surface area contributed by atoms with E-state index in [4.69, 9.17) is 5.73 Å². The number of nitrogen functional groups attached to an aromatic ring is 1. The van der Waals surface area contributed by atoms with Gasteiger partial charge in [-0.15, -0.1) is 0 Å². The normalized spacial score (nSPS) is 15.1. The van der Waals surface area contributed by atoms with Gasteiger partial charge in [-0.1, -0.05) is 20.3 Å². The summed E-state index contributed by atoms with van der Waals surface area (Å²) in [7, 11) is -3.89. The van der Waals surface area contributed by atoms with Crippen molar-refractivity contribution < 1.29 is 12.8 Å². The molecule has 0 aromatic heterocycles. The topological polar surface area (TPSA) is 72.2 Å². The highest BCUT2D eigenvalue weighted by atomic mass is 32.2. The van der Waals surface area contributed by atoms with Crippen molar-refractivity contribution >= 4 is 15.7 Å². The highest BCUT2D eigenvalue weighted by Crippen LogP contribution is 2.22. The number of halogens is 1. The van der Waals surface area contributed by atoms with E-state index in [0.29, 0.717) is 17.9 Å². The molecule has 1 aromatic carbocycles. The van der Waals surface area contributed by atoms with Gasteiger partial charge in [-0.3, -0.25) is 0 Å². The minimum atomic E-state index is -3.89. The van der Waals surface area contributed by atoms with E-state index in [9.17, 15) is 12.8 Å². The Morgan fingerprint density at radius 3 is 2.50 bits per heavy atom. The molecule has 0 aliphatic rings. The van der Waals surface area contributed by atoms with Gasteiger partial charge in [-0.2, -0.15) is 0 Å². The van der Waals surface area contributed by atoms with Gasteiger partial charge >= 0.3 is 0 Å². The Hall–Kier alpha value is -1.14. The van der Waals surface area contributed by atoms with Gasteiger partial charge < -0.3 is 5.73 Å². The summed E-state index contributed by atoms with van der Waals surface area (Å²) in [4.78, 5) is -0.392. The molecule has 1 rings (SSSR count). The molecule has 0 saturated heterocycles. The molecule has 20 heavy (non-hydrogen) atoms. The third-order valence-electron chi connectivity index (χ3n) is 3.42. The lowest BCUT2D eigenvalue weighted by molar-refractivity contribution is 0.444. The van der Waals surface area contributed by atoms with Gasteiger partial charge in [0.25, 0.3) is 0 Å². The second-order valence-corrected chi connectivity index (χ2v) is 7.09. The number of rotatable bonds is 6. The summed E-state index contributed by atoms with van der Waals surface area (Å²) in [6.45, 7) is 7.51. The van der Waals surface area contributed by atoms with Gasteiger partial charge in [0.1, 0.15) is 10.7 Å². The average molecular weight is 302 g/mol. The smallest absolute Gasteiger partial charge is 0.243 e. The predicted octanol–water partition coefficient (Wildman–Crippen LogP) is 2.82. The first-order chi connectivity index (χ1) is 9.17. The van der Waals surface area contributed by atoms with Crippen LogP contribution in [0.4, 0.5) is 10.1 Å². The first kappa shape index (κ1) is 16.9. The van der Waals surface area contributed by atoms with Crippen molar-refractivity contribution in [3.05, 3.63) is 23.5 Å². The molecule has 3 N–H and O–H groups in total. The largest absolute Gasteiger partial charge is 0.398 e. The molecule has 0 amide bonds. The van der Waals surface area contributed by atoms with E-state index in [1.165, 1.54) is 6.07 Å². The molecule has 0 saturated carbocycles. The van der Waals surface area contributed by atoms with E-state index in [1.807, 2.05) is 6.92 Å². The summed E-state index contributed by atoms with van der Waals surface area (Å²) in [5.41, 5.74) is 6.45. The van der Waals surface area contributed by atoms with E-state index in [-0.39, 0.29) is 11.7 Å². The van der Waals surface area contributed by atoms with Crippen molar-refractivity contribution in [2.24, 2.45) is 5.92 Å². The van der Waals surface area contributed by atoms with Crippen LogP contribution in [0, 0.1) is 18.7 Å². The number of aryl methyl sites for hydroxylation is 1. The van der Waals surface area contributed by atoms with Crippen LogP contribution in [0.25, 0.3) is 0 Å². The second-order valence-electron chi connectivity index (χ2n) is 5.41. The molecule has 0 radical (unpaired) electrons. The Kier molecular flexibility index (Phi) is 5.53. The van der Waals surface area contributed by atoms with Crippen molar-refractivity contribution in [3.8, 4) is 0 Å². The number of nitrogens with two attached hydrogens (primary N) is 1. The van der Waals surface area contributed by atoms with Gasteiger partial charge in [0, 0.05) is 11.7 Å². The van der Waals surface area contributed by atoms with Crippen LogP contribution in [0.15, 0.2) is 17.0 Å². The molecular formula is C14H23FN2O2S. The molecule has 0 bridgehead atoms. The predicted molar refractivity (Wildman–Crippen MR) is 79.4 cm³/mol. The zero-order valence-electron chi connectivity index (χ0n) is 12.4. The number of sulfonamides is 1. The molecule has 6 heteroatoms. The van der Waals surface area contributed by atoms with Crippen molar-refractivity contribution in [3.63, 3.8) is 0 Å². The molecule has 0 aliphatic heterocycles. The number of anilines is 1. The summed E-state index contributed by atoms with van der Waals surface area (Å²) >= 11 is 0. The maximum atomic E-state index is 13.8. The molecule has 2 unspecified atom stereocenters. The van der Waals surface area contributed by atoms with Crippen LogP contribution in [-0.4, -0.2) is 14.5 Å². The van der Waals surface area contributed by atoms with Crippen LogP contribution in [0.3, 0.4) is 0 Å². The first-order valence-electron chi connectivity index (χ1n) is 6.75. The molecule has 1 aromatic rings. The maximum absolute atomic E-state index is 13.8.